The second kappa shape index (κ2) is 15.5. The van der Waals surface area contributed by atoms with E-state index in [-0.39, 0.29) is 0 Å². The second-order valence-corrected chi connectivity index (χ2v) is 8.22. The first-order chi connectivity index (χ1) is 17.2. The maximum Gasteiger partial charge on any atom is 0.118 e. The fourth-order valence-electron chi connectivity index (χ4n) is 4.09. The van der Waals surface area contributed by atoms with Crippen LogP contribution in [0.1, 0.15) is 93.5 Å². The van der Waals surface area contributed by atoms with E-state index in [1.165, 1.54) is 36.8 Å². The minimum Gasteiger partial charge on any atom is -0.497 e. The number of hydrogen-bond acceptors (Lipinski definition) is 1. The smallest absolute Gasteiger partial charge is 0.118 e. The van der Waals surface area contributed by atoms with Crippen molar-refractivity contribution in [2.45, 2.75) is 72.6 Å². The number of methoxy groups -OCH3 is 1. The summed E-state index contributed by atoms with van der Waals surface area (Å²) >= 11 is 0. The van der Waals surface area contributed by atoms with Crippen LogP contribution in [0, 0.1) is 30.6 Å². The van der Waals surface area contributed by atoms with Crippen LogP contribution in [0.2, 0.25) is 0 Å². The highest BCUT2D eigenvalue weighted by atomic mass is 16.5. The van der Waals surface area contributed by atoms with E-state index in [1.54, 1.807) is 7.11 Å². The fraction of sp³-hybridized carbons (Fsp3) is 0.353. The van der Waals surface area contributed by atoms with Gasteiger partial charge in [0.2, 0.25) is 0 Å². The molecule has 0 aliphatic heterocycles. The lowest BCUT2D eigenvalue weighted by Gasteiger charge is -2.12. The van der Waals surface area contributed by atoms with Crippen LogP contribution in [0.15, 0.2) is 78.1 Å². The van der Waals surface area contributed by atoms with Crippen molar-refractivity contribution in [3.63, 3.8) is 0 Å². The molecular weight excluding hydrogens is 424 g/mol. The Hall–Kier alpha value is -3.42. The summed E-state index contributed by atoms with van der Waals surface area (Å²) in [5.41, 5.74) is 6.97. The highest BCUT2D eigenvalue weighted by Crippen LogP contribution is 2.36. The Morgan fingerprint density at radius 2 is 1.43 bits per heavy atom. The average Bonchev–Trinajstić information content (AvgIpc) is 3.36. The predicted molar refractivity (Wildman–Crippen MR) is 151 cm³/mol. The van der Waals surface area contributed by atoms with E-state index < -0.39 is 0 Å². The molecule has 2 aromatic carbocycles. The van der Waals surface area contributed by atoms with Crippen molar-refractivity contribution in [1.82, 2.24) is 0 Å². The maximum atomic E-state index is 5.31. The Balaban J connectivity index is 0.00000103. The largest absolute Gasteiger partial charge is 0.497 e. The zero-order chi connectivity index (χ0) is 25.5. The molecule has 0 spiro atoms. The Labute approximate surface area is 214 Å². The summed E-state index contributed by atoms with van der Waals surface area (Å²) in [5, 5.41) is 0. The van der Waals surface area contributed by atoms with E-state index in [4.69, 9.17) is 4.74 Å². The summed E-state index contributed by atoms with van der Waals surface area (Å²) in [6, 6.07) is 14.9. The quantitative estimate of drug-likeness (QED) is 0.403. The van der Waals surface area contributed by atoms with E-state index in [1.807, 2.05) is 39.8 Å². The van der Waals surface area contributed by atoms with Gasteiger partial charge in [0.25, 0.3) is 0 Å². The number of rotatable bonds is 2. The first kappa shape index (κ1) is 27.8. The molecule has 2 aliphatic rings. The molecule has 0 aromatic heterocycles. The van der Waals surface area contributed by atoms with E-state index >= 15 is 0 Å². The first-order valence-electron chi connectivity index (χ1n) is 13.1. The van der Waals surface area contributed by atoms with Crippen molar-refractivity contribution in [2.75, 3.05) is 7.11 Å². The number of ether oxygens (including phenoxy) is 1. The topological polar surface area (TPSA) is 9.23 Å². The van der Waals surface area contributed by atoms with E-state index in [0.29, 0.717) is 5.92 Å². The second-order valence-electron chi connectivity index (χ2n) is 8.22. The molecule has 0 unspecified atom stereocenters. The van der Waals surface area contributed by atoms with Gasteiger partial charge in [-0.25, -0.2) is 0 Å². The van der Waals surface area contributed by atoms with Crippen LogP contribution in [-0.4, -0.2) is 7.11 Å². The van der Waals surface area contributed by atoms with Crippen LogP contribution in [0.4, 0.5) is 0 Å². The Morgan fingerprint density at radius 1 is 0.771 bits per heavy atom. The third-order valence-electron chi connectivity index (χ3n) is 5.91. The van der Waals surface area contributed by atoms with Gasteiger partial charge in [0, 0.05) is 22.3 Å². The Bertz CT molecular complexity index is 1150. The van der Waals surface area contributed by atoms with Gasteiger partial charge in [-0.2, -0.15) is 0 Å². The minimum absolute atomic E-state index is 0.591. The Kier molecular flexibility index (Phi) is 12.3. The van der Waals surface area contributed by atoms with Crippen LogP contribution in [-0.2, 0) is 4.74 Å². The zero-order valence-corrected chi connectivity index (χ0v) is 22.4. The van der Waals surface area contributed by atoms with E-state index in [0.717, 1.165) is 34.4 Å². The van der Waals surface area contributed by atoms with Gasteiger partial charge in [0.15, 0.2) is 0 Å². The lowest BCUT2D eigenvalue weighted by atomic mass is 9.91. The van der Waals surface area contributed by atoms with Gasteiger partial charge in [-0.1, -0.05) is 88.0 Å². The lowest BCUT2D eigenvalue weighted by Crippen LogP contribution is -1.97. The molecule has 1 nitrogen and oxygen atoms in total. The van der Waals surface area contributed by atoms with Crippen molar-refractivity contribution in [1.29, 1.82) is 0 Å². The van der Waals surface area contributed by atoms with Gasteiger partial charge in [0.05, 0.1) is 7.11 Å². The molecule has 0 bridgehead atoms. The Morgan fingerprint density at radius 3 is 2.11 bits per heavy atom. The van der Waals surface area contributed by atoms with Crippen molar-refractivity contribution in [3.8, 4) is 23.7 Å². The van der Waals surface area contributed by atoms with E-state index in [9.17, 15) is 0 Å². The highest BCUT2D eigenvalue weighted by molar-refractivity contribution is 5.53. The molecular formula is C34H40O. The van der Waals surface area contributed by atoms with Crippen LogP contribution < -0.4 is 0 Å². The molecule has 0 amide bonds. The lowest BCUT2D eigenvalue weighted by molar-refractivity contribution is 0.307. The molecule has 182 valence electrons. The molecule has 4 rings (SSSR count). The van der Waals surface area contributed by atoms with E-state index in [2.05, 4.69) is 85.2 Å². The van der Waals surface area contributed by atoms with Gasteiger partial charge >= 0.3 is 0 Å². The van der Waals surface area contributed by atoms with Crippen molar-refractivity contribution in [3.05, 3.63) is 106 Å². The average molecular weight is 465 g/mol. The number of allylic oxidation sites excluding steroid dienone is 5. The summed E-state index contributed by atoms with van der Waals surface area (Å²) in [6.07, 6.45) is 14.1. The molecule has 0 radical (unpaired) electrons. The third-order valence-corrected chi connectivity index (χ3v) is 5.91. The van der Waals surface area contributed by atoms with Crippen molar-refractivity contribution < 1.29 is 4.74 Å². The zero-order valence-electron chi connectivity index (χ0n) is 22.4. The van der Waals surface area contributed by atoms with Crippen molar-refractivity contribution >= 4 is 0 Å². The molecule has 0 saturated heterocycles. The van der Waals surface area contributed by atoms with Crippen LogP contribution in [0.25, 0.3) is 0 Å². The summed E-state index contributed by atoms with van der Waals surface area (Å²) in [7, 11) is 1.69. The predicted octanol–water partition coefficient (Wildman–Crippen LogP) is 8.87. The molecule has 0 N–H and O–H groups in total. The van der Waals surface area contributed by atoms with Gasteiger partial charge in [0.1, 0.15) is 5.76 Å². The number of benzene rings is 2. The minimum atomic E-state index is 0.591. The fourth-order valence-corrected chi connectivity index (χ4v) is 4.09. The van der Waals surface area contributed by atoms with Crippen LogP contribution >= 0.6 is 0 Å². The number of aryl methyl sites for hydroxylation is 1. The molecule has 35 heavy (non-hydrogen) atoms. The summed E-state index contributed by atoms with van der Waals surface area (Å²) < 4.78 is 5.31. The van der Waals surface area contributed by atoms with Gasteiger partial charge in [-0.15, -0.1) is 0 Å². The molecule has 1 fully saturated rings. The number of hydrogen-bond donors (Lipinski definition) is 0. The maximum absolute atomic E-state index is 5.31. The summed E-state index contributed by atoms with van der Waals surface area (Å²) in [6.45, 7) is 10.1. The molecule has 2 aliphatic carbocycles. The highest BCUT2D eigenvalue weighted by Gasteiger charge is 2.19. The third kappa shape index (κ3) is 8.70. The van der Waals surface area contributed by atoms with Gasteiger partial charge in [-0.05, 0) is 86.2 Å². The van der Waals surface area contributed by atoms with Crippen LogP contribution in [0.5, 0.6) is 0 Å². The summed E-state index contributed by atoms with van der Waals surface area (Å²) in [5.74, 6) is 15.0. The molecule has 0 heterocycles. The monoisotopic (exact) mass is 464 g/mol. The standard InChI is InChI=1S/C30H28O.2C2H6/c1-23-10-12-25(13-11-23)14-15-26-17-20-28(30(22-26)27-7-3-4-8-27)19-16-24-6-5-9-29(31-2)21-18-24;2*1-2/h5,9-13,17-18,20-22,27H,3-4,6-8H2,1-2H3;2*1-2H3. The van der Waals surface area contributed by atoms with Gasteiger partial charge < -0.3 is 4.74 Å². The summed E-state index contributed by atoms with van der Waals surface area (Å²) in [4.78, 5) is 0. The first-order valence-corrected chi connectivity index (χ1v) is 13.1. The van der Waals surface area contributed by atoms with Crippen molar-refractivity contribution in [2.24, 2.45) is 0 Å². The van der Waals surface area contributed by atoms with Crippen LogP contribution in [0.3, 0.4) is 0 Å². The molecule has 1 heteroatoms. The normalized spacial score (nSPS) is 14.2. The molecule has 0 atom stereocenters. The molecule has 1 saturated carbocycles. The SMILES string of the molecule is CC.CC.COC1=CC=C(C#Cc2ccc(C#Cc3ccc(C)cc3)cc2C2CCCC2)CC=C1. The molecule has 2 aromatic rings. The van der Waals surface area contributed by atoms with Gasteiger partial charge in [-0.3, -0.25) is 0 Å².